The molecule has 1 aliphatic carbocycles. The highest BCUT2D eigenvalue weighted by atomic mass is 19.3. The Morgan fingerprint density at radius 2 is 1.83 bits per heavy atom. The van der Waals surface area contributed by atoms with Gasteiger partial charge in [-0.15, -0.1) is 0 Å². The average Bonchev–Trinajstić information content (AvgIpc) is 2.58. The molecule has 3 nitrogen and oxygen atoms in total. The van der Waals surface area contributed by atoms with E-state index in [0.717, 1.165) is 0 Å². The van der Waals surface area contributed by atoms with Crippen molar-refractivity contribution in [3.63, 3.8) is 0 Å². The molecule has 1 rings (SSSR count). The largest absolute Gasteiger partial charge is 0.355 e. The standard InChI is InChI=1S/C7H13F2NO2/c1-11-5(12-2)6(4-10)3-7(6,8)9/h5H,3-4,10H2,1-2H3. The first kappa shape index (κ1) is 9.83. The van der Waals surface area contributed by atoms with Gasteiger partial charge in [0.25, 0.3) is 5.92 Å². The molecule has 0 amide bonds. The third-order valence-corrected chi connectivity index (χ3v) is 2.38. The summed E-state index contributed by atoms with van der Waals surface area (Å²) in [4.78, 5) is 0. The van der Waals surface area contributed by atoms with Crippen LogP contribution >= 0.6 is 0 Å². The fourth-order valence-corrected chi connectivity index (χ4v) is 1.47. The van der Waals surface area contributed by atoms with Crippen LogP contribution in [-0.4, -0.2) is 33.0 Å². The second kappa shape index (κ2) is 2.90. The molecule has 0 bridgehead atoms. The summed E-state index contributed by atoms with van der Waals surface area (Å²) in [6.07, 6.45) is -1.15. The summed E-state index contributed by atoms with van der Waals surface area (Å²) in [6.45, 7) is -0.119. The Balaban J connectivity index is 2.70. The molecular weight excluding hydrogens is 168 g/mol. The molecule has 0 heterocycles. The van der Waals surface area contributed by atoms with E-state index in [1.54, 1.807) is 0 Å². The lowest BCUT2D eigenvalue weighted by Crippen LogP contribution is -2.37. The van der Waals surface area contributed by atoms with Crippen LogP contribution < -0.4 is 5.73 Å². The Hall–Kier alpha value is -0.260. The molecule has 12 heavy (non-hydrogen) atoms. The van der Waals surface area contributed by atoms with Crippen LogP contribution in [0.25, 0.3) is 0 Å². The van der Waals surface area contributed by atoms with E-state index >= 15 is 0 Å². The Kier molecular flexibility index (Phi) is 2.38. The molecule has 0 aliphatic heterocycles. The number of ether oxygens (including phenoxy) is 2. The molecule has 0 saturated heterocycles. The van der Waals surface area contributed by atoms with Crippen molar-refractivity contribution in [2.24, 2.45) is 11.1 Å². The highest BCUT2D eigenvalue weighted by Gasteiger charge is 2.74. The Bertz CT molecular complexity index is 173. The number of nitrogens with two attached hydrogens (primary N) is 1. The third-order valence-electron chi connectivity index (χ3n) is 2.38. The average molecular weight is 181 g/mol. The monoisotopic (exact) mass is 181 g/mol. The first-order valence-corrected chi connectivity index (χ1v) is 3.67. The van der Waals surface area contributed by atoms with Crippen LogP contribution in [0.5, 0.6) is 0 Å². The van der Waals surface area contributed by atoms with Crippen LogP contribution in [0.2, 0.25) is 0 Å². The van der Waals surface area contributed by atoms with Crippen LogP contribution in [0.15, 0.2) is 0 Å². The van der Waals surface area contributed by atoms with E-state index in [1.807, 2.05) is 0 Å². The number of hydrogen-bond donors (Lipinski definition) is 1. The lowest BCUT2D eigenvalue weighted by molar-refractivity contribution is -0.167. The van der Waals surface area contributed by atoms with Gasteiger partial charge in [0.05, 0.1) is 0 Å². The summed E-state index contributed by atoms with van der Waals surface area (Å²) in [6, 6.07) is 0. The van der Waals surface area contributed by atoms with Gasteiger partial charge in [0.2, 0.25) is 0 Å². The van der Waals surface area contributed by atoms with Crippen molar-refractivity contribution in [2.45, 2.75) is 18.6 Å². The van der Waals surface area contributed by atoms with E-state index in [-0.39, 0.29) is 13.0 Å². The first-order valence-electron chi connectivity index (χ1n) is 3.67. The maximum Gasteiger partial charge on any atom is 0.260 e. The minimum absolute atomic E-state index is 0.119. The van der Waals surface area contributed by atoms with Gasteiger partial charge in [-0.2, -0.15) is 0 Å². The normalized spacial score (nSPS) is 32.5. The molecule has 1 saturated carbocycles. The maximum atomic E-state index is 12.8. The molecule has 5 heteroatoms. The first-order chi connectivity index (χ1) is 5.54. The molecule has 1 aliphatic rings. The zero-order valence-corrected chi connectivity index (χ0v) is 7.14. The van der Waals surface area contributed by atoms with Crippen LogP contribution in [0.1, 0.15) is 6.42 Å². The van der Waals surface area contributed by atoms with Crippen molar-refractivity contribution in [2.75, 3.05) is 20.8 Å². The molecule has 0 spiro atoms. The minimum Gasteiger partial charge on any atom is -0.355 e. The van der Waals surface area contributed by atoms with Crippen molar-refractivity contribution < 1.29 is 18.3 Å². The number of alkyl halides is 2. The van der Waals surface area contributed by atoms with Gasteiger partial charge in [0, 0.05) is 27.2 Å². The molecular formula is C7H13F2NO2. The van der Waals surface area contributed by atoms with E-state index in [0.29, 0.717) is 0 Å². The smallest absolute Gasteiger partial charge is 0.260 e. The summed E-state index contributed by atoms with van der Waals surface area (Å²) in [7, 11) is 2.67. The number of methoxy groups -OCH3 is 2. The van der Waals surface area contributed by atoms with Crippen molar-refractivity contribution >= 4 is 0 Å². The third kappa shape index (κ3) is 1.12. The molecule has 0 aromatic rings. The highest BCUT2D eigenvalue weighted by Crippen LogP contribution is 2.62. The molecule has 1 fully saturated rings. The molecule has 1 atom stereocenters. The van der Waals surface area contributed by atoms with Gasteiger partial charge in [0.15, 0.2) is 6.29 Å². The van der Waals surface area contributed by atoms with Gasteiger partial charge >= 0.3 is 0 Å². The summed E-state index contributed by atoms with van der Waals surface area (Å²) in [5, 5.41) is 0. The summed E-state index contributed by atoms with van der Waals surface area (Å²) < 4.78 is 35.2. The van der Waals surface area contributed by atoms with Gasteiger partial charge in [-0.3, -0.25) is 0 Å². The predicted molar refractivity (Wildman–Crippen MR) is 38.9 cm³/mol. The molecule has 0 radical (unpaired) electrons. The van der Waals surface area contributed by atoms with Gasteiger partial charge in [-0.05, 0) is 0 Å². The zero-order valence-electron chi connectivity index (χ0n) is 7.14. The summed E-state index contributed by atoms with van der Waals surface area (Å²) >= 11 is 0. The lowest BCUT2D eigenvalue weighted by atomic mass is 10.1. The fraction of sp³-hybridized carbons (Fsp3) is 1.00. The predicted octanol–water partition coefficient (Wildman–Crippen LogP) is 0.589. The minimum atomic E-state index is -2.74. The van der Waals surface area contributed by atoms with Crippen LogP contribution in [0, 0.1) is 5.41 Å². The Morgan fingerprint density at radius 3 is 1.92 bits per heavy atom. The van der Waals surface area contributed by atoms with E-state index in [4.69, 9.17) is 15.2 Å². The Labute approximate surface area is 69.8 Å². The van der Waals surface area contributed by atoms with Crippen molar-refractivity contribution in [1.29, 1.82) is 0 Å². The van der Waals surface area contributed by atoms with Crippen LogP contribution in [0.4, 0.5) is 8.78 Å². The maximum absolute atomic E-state index is 12.8. The summed E-state index contributed by atoms with van der Waals surface area (Å²) in [5.74, 6) is -2.74. The lowest BCUT2D eigenvalue weighted by Gasteiger charge is -2.22. The molecule has 0 aromatic heterocycles. The Morgan fingerprint density at radius 1 is 1.42 bits per heavy atom. The number of hydrogen-bond acceptors (Lipinski definition) is 3. The SMILES string of the molecule is COC(OC)C1(CN)CC1(F)F. The molecule has 1 unspecified atom stereocenters. The van der Waals surface area contributed by atoms with Crippen molar-refractivity contribution in [3.05, 3.63) is 0 Å². The highest BCUT2D eigenvalue weighted by molar-refractivity contribution is 5.12. The second-order valence-electron chi connectivity index (χ2n) is 3.04. The fourth-order valence-electron chi connectivity index (χ4n) is 1.47. The van der Waals surface area contributed by atoms with Gasteiger partial charge in [-0.25, -0.2) is 8.78 Å². The van der Waals surface area contributed by atoms with Crippen LogP contribution in [0.3, 0.4) is 0 Å². The molecule has 72 valence electrons. The van der Waals surface area contributed by atoms with Gasteiger partial charge in [0.1, 0.15) is 5.41 Å². The topological polar surface area (TPSA) is 44.5 Å². The van der Waals surface area contributed by atoms with E-state index in [1.165, 1.54) is 14.2 Å². The van der Waals surface area contributed by atoms with Crippen LogP contribution in [-0.2, 0) is 9.47 Å². The van der Waals surface area contributed by atoms with Gasteiger partial charge < -0.3 is 15.2 Å². The van der Waals surface area contributed by atoms with Crippen molar-refractivity contribution in [1.82, 2.24) is 0 Å². The van der Waals surface area contributed by atoms with E-state index < -0.39 is 17.6 Å². The van der Waals surface area contributed by atoms with Gasteiger partial charge in [-0.1, -0.05) is 0 Å². The number of rotatable bonds is 4. The summed E-state index contributed by atoms with van der Waals surface area (Å²) in [5.41, 5.74) is 3.96. The second-order valence-corrected chi connectivity index (χ2v) is 3.04. The number of halogens is 2. The molecule has 2 N–H and O–H groups in total. The van der Waals surface area contributed by atoms with E-state index in [9.17, 15) is 8.78 Å². The quantitative estimate of drug-likeness (QED) is 0.645. The van der Waals surface area contributed by atoms with E-state index in [2.05, 4.69) is 0 Å². The van der Waals surface area contributed by atoms with Crippen molar-refractivity contribution in [3.8, 4) is 0 Å². The molecule has 0 aromatic carbocycles. The zero-order chi connectivity index (χ0) is 9.41.